The topological polar surface area (TPSA) is 86.8 Å². The Balaban J connectivity index is 2.08. The van der Waals surface area contributed by atoms with Gasteiger partial charge in [0.1, 0.15) is 12.6 Å². The lowest BCUT2D eigenvalue weighted by molar-refractivity contribution is -0.139. The molecule has 3 rings (SSSR count). The summed E-state index contributed by atoms with van der Waals surface area (Å²) >= 11 is 18.6. The Hall–Kier alpha value is -2.78. The van der Waals surface area contributed by atoms with Gasteiger partial charge in [0, 0.05) is 34.2 Å². The maximum absolute atomic E-state index is 13.8. The molecule has 1 N–H and O–H groups in total. The van der Waals surface area contributed by atoms with E-state index in [0.29, 0.717) is 31.9 Å². The van der Waals surface area contributed by atoms with Crippen molar-refractivity contribution in [1.29, 1.82) is 0 Å². The van der Waals surface area contributed by atoms with Gasteiger partial charge in [0.05, 0.1) is 10.6 Å². The molecule has 0 saturated carbocycles. The quantitative estimate of drug-likeness (QED) is 0.370. The lowest BCUT2D eigenvalue weighted by Gasteiger charge is -2.32. The maximum Gasteiger partial charge on any atom is 0.264 e. The van der Waals surface area contributed by atoms with Crippen LogP contribution in [0.2, 0.25) is 15.1 Å². The van der Waals surface area contributed by atoms with Crippen LogP contribution in [0, 0.1) is 6.92 Å². The van der Waals surface area contributed by atoms with Crippen molar-refractivity contribution in [2.24, 2.45) is 0 Å². The Labute approximate surface area is 232 Å². The average Bonchev–Trinajstić information content (AvgIpc) is 2.87. The predicted molar refractivity (Wildman–Crippen MR) is 148 cm³/mol. The van der Waals surface area contributed by atoms with Crippen LogP contribution in [0.5, 0.6) is 0 Å². The number of sulfonamides is 1. The minimum Gasteiger partial charge on any atom is -0.357 e. The summed E-state index contributed by atoms with van der Waals surface area (Å²) in [7, 11) is -2.74. The maximum atomic E-state index is 13.8. The number of para-hydroxylation sites is 1. The lowest BCUT2D eigenvalue weighted by Crippen LogP contribution is -2.50. The molecule has 0 radical (unpaired) electrons. The summed E-state index contributed by atoms with van der Waals surface area (Å²) in [6, 6.07) is 16.5. The number of hydrogen-bond donors (Lipinski definition) is 1. The number of aryl methyl sites for hydroxylation is 1. The van der Waals surface area contributed by atoms with Crippen molar-refractivity contribution >= 4 is 62.3 Å². The molecule has 0 bridgehead atoms. The van der Waals surface area contributed by atoms with Crippen molar-refractivity contribution in [2.75, 3.05) is 17.9 Å². The van der Waals surface area contributed by atoms with E-state index in [-0.39, 0.29) is 11.4 Å². The van der Waals surface area contributed by atoms with Gasteiger partial charge in [-0.3, -0.25) is 13.9 Å². The number of likely N-dealkylation sites (N-methyl/N-ethyl adjacent to an activating group) is 1. The third kappa shape index (κ3) is 6.57. The Morgan fingerprint density at radius 2 is 1.51 bits per heavy atom. The highest BCUT2D eigenvalue weighted by atomic mass is 35.5. The molecule has 0 aromatic heterocycles. The molecule has 0 aliphatic heterocycles. The van der Waals surface area contributed by atoms with Gasteiger partial charge in [0.2, 0.25) is 11.8 Å². The van der Waals surface area contributed by atoms with Crippen LogP contribution in [-0.2, 0) is 26.2 Å². The molecule has 0 heterocycles. The van der Waals surface area contributed by atoms with Crippen LogP contribution in [0.15, 0.2) is 71.6 Å². The van der Waals surface area contributed by atoms with Gasteiger partial charge in [0.15, 0.2) is 0 Å². The Morgan fingerprint density at radius 3 is 2.08 bits per heavy atom. The molecule has 7 nitrogen and oxygen atoms in total. The van der Waals surface area contributed by atoms with Crippen LogP contribution >= 0.6 is 34.8 Å². The average molecular weight is 583 g/mol. The second-order valence-electron chi connectivity index (χ2n) is 8.26. The van der Waals surface area contributed by atoms with Gasteiger partial charge >= 0.3 is 0 Å². The first kappa shape index (κ1) is 28.8. The number of anilines is 1. The van der Waals surface area contributed by atoms with Gasteiger partial charge < -0.3 is 10.2 Å². The Kier molecular flexibility index (Phi) is 9.47. The molecule has 3 aromatic rings. The molecular weight excluding hydrogens is 557 g/mol. The zero-order chi connectivity index (χ0) is 27.3. The SMILES string of the molecule is CNC(=O)C(C)N(Cc1c(Cl)cccc1Cl)C(=O)CN(c1ccccc1C)S(=O)(=O)c1ccc(Cl)cc1. The van der Waals surface area contributed by atoms with Gasteiger partial charge in [-0.1, -0.05) is 59.1 Å². The highest BCUT2D eigenvalue weighted by molar-refractivity contribution is 7.92. The Bertz CT molecular complexity index is 1380. The van der Waals surface area contributed by atoms with Crippen molar-refractivity contribution in [3.05, 3.63) is 92.9 Å². The minimum absolute atomic E-state index is 0.0343. The molecule has 0 aliphatic carbocycles. The summed E-state index contributed by atoms with van der Waals surface area (Å²) in [4.78, 5) is 27.6. The number of amides is 2. The zero-order valence-electron chi connectivity index (χ0n) is 20.4. The molecule has 11 heteroatoms. The van der Waals surface area contributed by atoms with Gasteiger partial charge in [-0.2, -0.15) is 0 Å². The van der Waals surface area contributed by atoms with Crippen LogP contribution in [0.25, 0.3) is 0 Å². The fourth-order valence-corrected chi connectivity index (χ4v) is 5.86. The van der Waals surface area contributed by atoms with E-state index >= 15 is 0 Å². The normalized spacial score (nSPS) is 12.1. The summed E-state index contributed by atoms with van der Waals surface area (Å²) in [5.41, 5.74) is 1.42. The highest BCUT2D eigenvalue weighted by Gasteiger charge is 2.33. The number of hydrogen-bond acceptors (Lipinski definition) is 4. The van der Waals surface area contributed by atoms with Crippen LogP contribution in [0.3, 0.4) is 0 Å². The first-order chi connectivity index (χ1) is 17.5. The van der Waals surface area contributed by atoms with E-state index in [9.17, 15) is 18.0 Å². The Morgan fingerprint density at radius 1 is 0.919 bits per heavy atom. The third-order valence-corrected chi connectivity index (χ3v) is 8.60. The number of carbonyl (C=O) groups excluding carboxylic acids is 2. The van der Waals surface area contributed by atoms with Gasteiger partial charge in [-0.15, -0.1) is 0 Å². The number of halogens is 3. The lowest BCUT2D eigenvalue weighted by atomic mass is 10.1. The summed E-state index contributed by atoms with van der Waals surface area (Å²) < 4.78 is 28.6. The van der Waals surface area contributed by atoms with Crippen molar-refractivity contribution in [1.82, 2.24) is 10.2 Å². The molecule has 2 amide bonds. The van der Waals surface area contributed by atoms with Crippen LogP contribution in [0.1, 0.15) is 18.1 Å². The van der Waals surface area contributed by atoms with Gasteiger partial charge in [-0.25, -0.2) is 8.42 Å². The fraction of sp³-hybridized carbons (Fsp3) is 0.231. The second-order valence-corrected chi connectivity index (χ2v) is 11.4. The van der Waals surface area contributed by atoms with E-state index in [0.717, 1.165) is 4.31 Å². The molecule has 37 heavy (non-hydrogen) atoms. The first-order valence-corrected chi connectivity index (χ1v) is 13.8. The van der Waals surface area contributed by atoms with E-state index in [1.54, 1.807) is 56.3 Å². The monoisotopic (exact) mass is 581 g/mol. The predicted octanol–water partition coefficient (Wildman–Crippen LogP) is 5.31. The molecular formula is C26H26Cl3N3O4S. The number of nitrogens with one attached hydrogen (secondary N) is 1. The standard InChI is InChI=1S/C26H26Cl3N3O4S/c1-17-7-4-5-10-24(17)32(37(35,36)20-13-11-19(27)12-14-20)16-25(33)31(18(2)26(34)30-3)15-21-22(28)8-6-9-23(21)29/h4-14,18H,15-16H2,1-3H3,(H,30,34). The van der Waals surface area contributed by atoms with E-state index in [1.165, 1.54) is 36.2 Å². The van der Waals surface area contributed by atoms with E-state index in [2.05, 4.69) is 5.32 Å². The van der Waals surface area contributed by atoms with Crippen LogP contribution in [0.4, 0.5) is 5.69 Å². The molecule has 0 saturated heterocycles. The van der Waals surface area contributed by atoms with E-state index in [4.69, 9.17) is 34.8 Å². The van der Waals surface area contributed by atoms with Gasteiger partial charge in [-0.05, 0) is 61.9 Å². The summed E-state index contributed by atoms with van der Waals surface area (Å²) in [5.74, 6) is -1.05. The molecule has 3 aromatic carbocycles. The van der Waals surface area contributed by atoms with Crippen molar-refractivity contribution in [3.8, 4) is 0 Å². The summed E-state index contributed by atoms with van der Waals surface area (Å²) in [6.07, 6.45) is 0. The number of carbonyl (C=O) groups is 2. The molecule has 0 spiro atoms. The van der Waals surface area contributed by atoms with Crippen molar-refractivity contribution in [3.63, 3.8) is 0 Å². The van der Waals surface area contributed by atoms with Crippen LogP contribution < -0.4 is 9.62 Å². The fourth-order valence-electron chi connectivity index (χ4n) is 3.74. The summed E-state index contributed by atoms with van der Waals surface area (Å²) in [5, 5.41) is 3.54. The van der Waals surface area contributed by atoms with E-state index in [1.807, 2.05) is 0 Å². The smallest absolute Gasteiger partial charge is 0.264 e. The number of nitrogens with zero attached hydrogens (tertiary/aromatic N) is 2. The number of benzene rings is 3. The molecule has 1 atom stereocenters. The third-order valence-electron chi connectivity index (χ3n) is 5.87. The largest absolute Gasteiger partial charge is 0.357 e. The molecule has 1 unspecified atom stereocenters. The van der Waals surface area contributed by atoms with Crippen LogP contribution in [-0.4, -0.2) is 44.8 Å². The summed E-state index contributed by atoms with van der Waals surface area (Å²) in [6.45, 7) is 2.62. The minimum atomic E-state index is -4.19. The molecule has 0 aliphatic rings. The van der Waals surface area contributed by atoms with Gasteiger partial charge in [0.25, 0.3) is 10.0 Å². The molecule has 0 fully saturated rings. The second kappa shape index (κ2) is 12.2. The molecule has 196 valence electrons. The first-order valence-electron chi connectivity index (χ1n) is 11.2. The number of rotatable bonds is 9. The van der Waals surface area contributed by atoms with Crippen molar-refractivity contribution in [2.45, 2.75) is 31.3 Å². The highest BCUT2D eigenvalue weighted by Crippen LogP contribution is 2.29. The van der Waals surface area contributed by atoms with Crippen molar-refractivity contribution < 1.29 is 18.0 Å². The van der Waals surface area contributed by atoms with E-state index < -0.39 is 34.4 Å². The zero-order valence-corrected chi connectivity index (χ0v) is 23.5.